The number of rotatable bonds is 3. The monoisotopic (exact) mass is 349 g/mol. The number of hydrogen-bond acceptors (Lipinski definition) is 6. The first-order chi connectivity index (χ1) is 11.5. The number of carbonyl (C=O) groups excluding carboxylic acids is 1. The summed E-state index contributed by atoms with van der Waals surface area (Å²) >= 11 is 1.55. The van der Waals surface area contributed by atoms with Gasteiger partial charge in [-0.15, -0.1) is 11.3 Å². The van der Waals surface area contributed by atoms with E-state index in [4.69, 9.17) is 4.74 Å². The Morgan fingerprint density at radius 3 is 2.67 bits per heavy atom. The summed E-state index contributed by atoms with van der Waals surface area (Å²) < 4.78 is 5.23. The van der Waals surface area contributed by atoms with Gasteiger partial charge in [-0.3, -0.25) is 0 Å². The predicted octanol–water partition coefficient (Wildman–Crippen LogP) is 3.43. The molecular formula is C17H23N3O3S. The van der Waals surface area contributed by atoms with E-state index in [0.717, 1.165) is 29.5 Å². The molecule has 1 aromatic heterocycles. The fourth-order valence-electron chi connectivity index (χ4n) is 2.58. The summed E-state index contributed by atoms with van der Waals surface area (Å²) in [5.74, 6) is 0.232. The molecule has 1 amide bonds. The molecule has 1 N–H and O–H groups in total. The number of aromatic nitrogens is 1. The van der Waals surface area contributed by atoms with E-state index in [-0.39, 0.29) is 19.4 Å². The summed E-state index contributed by atoms with van der Waals surface area (Å²) in [6.45, 7) is 6.39. The lowest BCUT2D eigenvalue weighted by Crippen LogP contribution is -2.49. The first kappa shape index (κ1) is 16.6. The largest absolute Gasteiger partial charge is 0.507 e. The Kier molecular flexibility index (Phi) is 4.89. The Morgan fingerprint density at radius 2 is 2.00 bits per heavy atom. The maximum atomic E-state index is 11.9. The molecule has 0 bridgehead atoms. The summed E-state index contributed by atoms with van der Waals surface area (Å²) in [5, 5.41) is 12.8. The number of para-hydroxylation sites is 1. The number of anilines is 1. The number of aromatic hydroxyl groups is 1. The average Bonchev–Trinajstić information content (AvgIpc) is 3.04. The van der Waals surface area contributed by atoms with Crippen LogP contribution in [-0.4, -0.2) is 53.4 Å². The van der Waals surface area contributed by atoms with Gasteiger partial charge in [0.05, 0.1) is 11.8 Å². The summed E-state index contributed by atoms with van der Waals surface area (Å²) in [6, 6.07) is 7.19. The van der Waals surface area contributed by atoms with E-state index < -0.39 is 0 Å². The second-order valence-electron chi connectivity index (χ2n) is 5.94. The SMILES string of the molecule is CC(C)OC(=O)N1CCN(c2nc(-c3ccccc3O)cs2)CC1.[HH]. The zero-order valence-corrected chi connectivity index (χ0v) is 14.6. The number of hydrogen-bond donors (Lipinski definition) is 1. The van der Waals surface area contributed by atoms with Crippen molar-refractivity contribution >= 4 is 22.6 Å². The Bertz CT molecular complexity index is 715. The van der Waals surface area contributed by atoms with Crippen molar-refractivity contribution in [2.45, 2.75) is 20.0 Å². The Hall–Kier alpha value is -2.28. The van der Waals surface area contributed by atoms with Crippen LogP contribution in [-0.2, 0) is 4.74 Å². The van der Waals surface area contributed by atoms with Crippen LogP contribution in [0.4, 0.5) is 9.93 Å². The molecule has 0 radical (unpaired) electrons. The van der Waals surface area contributed by atoms with Crippen molar-refractivity contribution in [2.75, 3.05) is 31.1 Å². The first-order valence-corrected chi connectivity index (χ1v) is 8.87. The van der Waals surface area contributed by atoms with Crippen LogP contribution in [0.25, 0.3) is 11.3 Å². The number of piperazine rings is 1. The lowest BCUT2D eigenvalue weighted by Gasteiger charge is -2.34. The normalized spacial score (nSPS) is 15.0. The van der Waals surface area contributed by atoms with E-state index in [1.54, 1.807) is 28.4 Å². The van der Waals surface area contributed by atoms with E-state index in [9.17, 15) is 9.90 Å². The van der Waals surface area contributed by atoms with E-state index in [2.05, 4.69) is 9.88 Å². The summed E-state index contributed by atoms with van der Waals surface area (Å²) in [6.07, 6.45) is -0.353. The quantitative estimate of drug-likeness (QED) is 0.920. The summed E-state index contributed by atoms with van der Waals surface area (Å²) in [5.41, 5.74) is 1.51. The number of phenols is 1. The lowest BCUT2D eigenvalue weighted by atomic mass is 10.1. The van der Waals surface area contributed by atoms with Gasteiger partial charge in [0.25, 0.3) is 0 Å². The summed E-state index contributed by atoms with van der Waals surface area (Å²) in [7, 11) is 0. The molecule has 0 saturated carbocycles. The Labute approximate surface area is 146 Å². The average molecular weight is 349 g/mol. The number of phenolic OH excluding ortho intramolecular Hbond substituents is 1. The van der Waals surface area contributed by atoms with Gasteiger partial charge in [0.2, 0.25) is 0 Å². The highest BCUT2D eigenvalue weighted by Crippen LogP contribution is 2.32. The van der Waals surface area contributed by atoms with Crippen molar-refractivity contribution in [2.24, 2.45) is 0 Å². The van der Waals surface area contributed by atoms with Crippen LogP contribution in [0.1, 0.15) is 15.3 Å². The molecule has 6 nitrogen and oxygen atoms in total. The van der Waals surface area contributed by atoms with Crippen LogP contribution in [0.2, 0.25) is 0 Å². The van der Waals surface area contributed by atoms with Crippen molar-refractivity contribution < 1.29 is 16.1 Å². The molecule has 7 heteroatoms. The van der Waals surface area contributed by atoms with Crippen molar-refractivity contribution in [1.29, 1.82) is 0 Å². The molecule has 0 atom stereocenters. The Morgan fingerprint density at radius 1 is 1.29 bits per heavy atom. The standard InChI is InChI=1S/C17H21N3O3S.H2/c1-12(2)23-17(22)20-9-7-19(8-10-20)16-18-14(11-24-16)13-5-3-4-6-15(13)21;/h3-6,11-12,21H,7-10H2,1-2H3;1H. The minimum atomic E-state index is -0.251. The molecule has 2 aromatic rings. The maximum Gasteiger partial charge on any atom is 0.410 e. The van der Waals surface area contributed by atoms with Crippen molar-refractivity contribution in [3.05, 3.63) is 29.6 Å². The third-order valence-corrected chi connectivity index (χ3v) is 4.72. The molecule has 1 aliphatic heterocycles. The molecular weight excluding hydrogens is 326 g/mol. The molecule has 2 heterocycles. The minimum Gasteiger partial charge on any atom is -0.507 e. The van der Waals surface area contributed by atoms with E-state index in [1.165, 1.54) is 0 Å². The molecule has 3 rings (SSSR count). The molecule has 1 aromatic carbocycles. The smallest absolute Gasteiger partial charge is 0.410 e. The number of benzene rings is 1. The number of nitrogens with zero attached hydrogens (tertiary/aromatic N) is 3. The topological polar surface area (TPSA) is 65.9 Å². The zero-order chi connectivity index (χ0) is 17.1. The maximum absolute atomic E-state index is 11.9. The van der Waals surface area contributed by atoms with Gasteiger partial charge < -0.3 is 19.6 Å². The van der Waals surface area contributed by atoms with Gasteiger partial charge in [-0.2, -0.15) is 0 Å². The second kappa shape index (κ2) is 7.09. The molecule has 24 heavy (non-hydrogen) atoms. The van der Waals surface area contributed by atoms with Crippen LogP contribution in [0.3, 0.4) is 0 Å². The van der Waals surface area contributed by atoms with Crippen LogP contribution in [0, 0.1) is 0 Å². The highest BCUT2D eigenvalue weighted by molar-refractivity contribution is 7.14. The molecule has 1 saturated heterocycles. The fraction of sp³-hybridized carbons (Fsp3) is 0.412. The van der Waals surface area contributed by atoms with Crippen LogP contribution in [0.15, 0.2) is 29.6 Å². The van der Waals surface area contributed by atoms with Gasteiger partial charge >= 0.3 is 6.09 Å². The molecule has 0 aliphatic carbocycles. The van der Waals surface area contributed by atoms with Crippen molar-refractivity contribution in [3.63, 3.8) is 0 Å². The highest BCUT2D eigenvalue weighted by atomic mass is 32.1. The lowest BCUT2D eigenvalue weighted by molar-refractivity contribution is 0.0751. The van der Waals surface area contributed by atoms with Gasteiger partial charge in [0, 0.05) is 38.5 Å². The van der Waals surface area contributed by atoms with Crippen LogP contribution in [0.5, 0.6) is 5.75 Å². The number of thiazole rings is 1. The molecule has 130 valence electrons. The third kappa shape index (κ3) is 3.62. The number of amides is 1. The van der Waals surface area contributed by atoms with Crippen LogP contribution >= 0.6 is 11.3 Å². The van der Waals surface area contributed by atoms with Gasteiger partial charge in [0.1, 0.15) is 5.75 Å². The minimum absolute atomic E-state index is 0. The first-order valence-electron chi connectivity index (χ1n) is 7.99. The molecule has 1 aliphatic rings. The van der Waals surface area contributed by atoms with Gasteiger partial charge in [-0.1, -0.05) is 12.1 Å². The number of ether oxygens (including phenoxy) is 1. The fourth-order valence-corrected chi connectivity index (χ4v) is 3.46. The van der Waals surface area contributed by atoms with Gasteiger partial charge in [-0.05, 0) is 26.0 Å². The molecule has 0 spiro atoms. The highest BCUT2D eigenvalue weighted by Gasteiger charge is 2.24. The predicted molar refractivity (Wildman–Crippen MR) is 96.7 cm³/mol. The number of carbonyl (C=O) groups is 1. The van der Waals surface area contributed by atoms with Crippen molar-refractivity contribution in [1.82, 2.24) is 9.88 Å². The van der Waals surface area contributed by atoms with E-state index in [1.807, 2.05) is 31.4 Å². The second-order valence-corrected chi connectivity index (χ2v) is 6.78. The summed E-state index contributed by atoms with van der Waals surface area (Å²) in [4.78, 5) is 20.4. The Balaban J connectivity index is 0.00000225. The molecule has 0 unspecified atom stereocenters. The van der Waals surface area contributed by atoms with E-state index in [0.29, 0.717) is 13.1 Å². The van der Waals surface area contributed by atoms with Crippen molar-refractivity contribution in [3.8, 4) is 17.0 Å². The third-order valence-electron chi connectivity index (χ3n) is 3.82. The molecule has 1 fully saturated rings. The van der Waals surface area contributed by atoms with Gasteiger partial charge in [0.15, 0.2) is 5.13 Å². The van der Waals surface area contributed by atoms with E-state index >= 15 is 0 Å². The van der Waals surface area contributed by atoms with Crippen LogP contribution < -0.4 is 4.90 Å². The zero-order valence-electron chi connectivity index (χ0n) is 13.8. The van der Waals surface area contributed by atoms with Gasteiger partial charge in [-0.25, -0.2) is 9.78 Å².